The zero-order valence-corrected chi connectivity index (χ0v) is 10.1. The lowest BCUT2D eigenvalue weighted by molar-refractivity contribution is -0.119. The molecule has 1 aromatic rings. The third-order valence-electron chi connectivity index (χ3n) is 3.09. The standard InChI is InChI=1S/C14H19NO/c1-3-5-11-6-4-7-13(10-11)15(2)14(16)12-8-9-12/h4,6-7,10,12H,3,5,8-9H2,1-2H3. The van der Waals surface area contributed by atoms with Crippen molar-refractivity contribution in [3.05, 3.63) is 29.8 Å². The molecule has 1 aromatic carbocycles. The van der Waals surface area contributed by atoms with Gasteiger partial charge in [0.1, 0.15) is 0 Å². The Morgan fingerprint density at radius 3 is 2.81 bits per heavy atom. The lowest BCUT2D eigenvalue weighted by Gasteiger charge is -2.17. The van der Waals surface area contributed by atoms with E-state index in [1.54, 1.807) is 4.90 Å². The Morgan fingerprint density at radius 1 is 1.44 bits per heavy atom. The molecule has 1 fully saturated rings. The summed E-state index contributed by atoms with van der Waals surface area (Å²) in [6.07, 6.45) is 4.36. The smallest absolute Gasteiger partial charge is 0.229 e. The van der Waals surface area contributed by atoms with Gasteiger partial charge in [-0.25, -0.2) is 0 Å². The lowest BCUT2D eigenvalue weighted by Crippen LogP contribution is -2.27. The van der Waals surface area contributed by atoms with Gasteiger partial charge in [-0.2, -0.15) is 0 Å². The number of carbonyl (C=O) groups is 1. The van der Waals surface area contributed by atoms with Gasteiger partial charge in [-0.3, -0.25) is 4.79 Å². The Morgan fingerprint density at radius 2 is 2.19 bits per heavy atom. The molecule has 0 atom stereocenters. The van der Waals surface area contributed by atoms with E-state index in [0.29, 0.717) is 5.92 Å². The van der Waals surface area contributed by atoms with E-state index in [2.05, 4.69) is 19.1 Å². The minimum atomic E-state index is 0.272. The topological polar surface area (TPSA) is 20.3 Å². The zero-order valence-electron chi connectivity index (χ0n) is 10.1. The third-order valence-corrected chi connectivity index (χ3v) is 3.09. The summed E-state index contributed by atoms with van der Waals surface area (Å²) in [6, 6.07) is 8.31. The second kappa shape index (κ2) is 4.69. The van der Waals surface area contributed by atoms with E-state index >= 15 is 0 Å². The number of carbonyl (C=O) groups excluding carboxylic acids is 1. The molecule has 0 N–H and O–H groups in total. The summed E-state index contributed by atoms with van der Waals surface area (Å²) in [6.45, 7) is 2.17. The third kappa shape index (κ3) is 2.43. The van der Waals surface area contributed by atoms with Gasteiger partial charge in [-0.1, -0.05) is 25.5 Å². The SMILES string of the molecule is CCCc1cccc(N(C)C(=O)C2CC2)c1. The minimum absolute atomic E-state index is 0.272. The van der Waals surface area contributed by atoms with Crippen LogP contribution in [0.5, 0.6) is 0 Å². The average molecular weight is 217 g/mol. The Kier molecular flexibility index (Phi) is 3.28. The Bertz CT molecular complexity index is 382. The summed E-state index contributed by atoms with van der Waals surface area (Å²) < 4.78 is 0. The molecule has 0 aliphatic heterocycles. The fraction of sp³-hybridized carbons (Fsp3) is 0.500. The van der Waals surface area contributed by atoms with Crippen molar-refractivity contribution >= 4 is 11.6 Å². The molecule has 1 aliphatic carbocycles. The fourth-order valence-corrected chi connectivity index (χ4v) is 1.94. The average Bonchev–Trinajstić information content (AvgIpc) is 3.12. The zero-order chi connectivity index (χ0) is 11.5. The van der Waals surface area contributed by atoms with Gasteiger partial charge in [0.05, 0.1) is 0 Å². The summed E-state index contributed by atoms with van der Waals surface area (Å²) in [5.41, 5.74) is 2.35. The first-order valence-electron chi connectivity index (χ1n) is 6.09. The van der Waals surface area contributed by atoms with Gasteiger partial charge in [0, 0.05) is 18.7 Å². The van der Waals surface area contributed by atoms with Gasteiger partial charge in [0.15, 0.2) is 0 Å². The molecule has 86 valence electrons. The maximum absolute atomic E-state index is 11.9. The first-order chi connectivity index (χ1) is 7.72. The number of benzene rings is 1. The normalized spacial score (nSPS) is 14.9. The molecule has 1 aliphatic rings. The molecule has 0 aromatic heterocycles. The molecule has 0 spiro atoms. The van der Waals surface area contributed by atoms with Crippen molar-refractivity contribution in [2.75, 3.05) is 11.9 Å². The first kappa shape index (κ1) is 11.2. The summed E-state index contributed by atoms with van der Waals surface area (Å²) >= 11 is 0. The van der Waals surface area contributed by atoms with Crippen molar-refractivity contribution in [1.82, 2.24) is 0 Å². The molecule has 0 saturated heterocycles. The molecule has 0 heterocycles. The van der Waals surface area contributed by atoms with Crippen LogP contribution in [0.15, 0.2) is 24.3 Å². The van der Waals surface area contributed by atoms with Gasteiger partial charge in [0.2, 0.25) is 5.91 Å². The monoisotopic (exact) mass is 217 g/mol. The number of amides is 1. The van der Waals surface area contributed by atoms with E-state index in [0.717, 1.165) is 31.4 Å². The Balaban J connectivity index is 2.12. The predicted octanol–water partition coefficient (Wildman–Crippen LogP) is 3.01. The first-order valence-corrected chi connectivity index (χ1v) is 6.09. The molecule has 2 heteroatoms. The molecular formula is C14H19NO. The highest BCUT2D eigenvalue weighted by atomic mass is 16.2. The van der Waals surface area contributed by atoms with Crippen LogP contribution in [-0.4, -0.2) is 13.0 Å². The Labute approximate surface area is 97.3 Å². The van der Waals surface area contributed by atoms with Gasteiger partial charge in [-0.15, -0.1) is 0 Å². The van der Waals surface area contributed by atoms with Crippen molar-refractivity contribution in [3.8, 4) is 0 Å². The molecule has 0 radical (unpaired) electrons. The molecule has 1 saturated carbocycles. The van der Waals surface area contributed by atoms with Gasteiger partial charge in [-0.05, 0) is 37.0 Å². The highest BCUT2D eigenvalue weighted by Gasteiger charge is 2.32. The summed E-state index contributed by atoms with van der Waals surface area (Å²) in [5, 5.41) is 0. The van der Waals surface area contributed by atoms with Crippen LogP contribution in [0.4, 0.5) is 5.69 Å². The van der Waals surface area contributed by atoms with E-state index in [1.807, 2.05) is 19.2 Å². The van der Waals surface area contributed by atoms with E-state index in [9.17, 15) is 4.79 Å². The molecule has 1 amide bonds. The molecular weight excluding hydrogens is 198 g/mol. The second-order valence-corrected chi connectivity index (χ2v) is 4.59. The molecule has 2 rings (SSSR count). The number of aryl methyl sites for hydroxylation is 1. The van der Waals surface area contributed by atoms with Gasteiger partial charge in [0.25, 0.3) is 0 Å². The van der Waals surface area contributed by atoms with E-state index < -0.39 is 0 Å². The van der Waals surface area contributed by atoms with Crippen molar-refractivity contribution in [1.29, 1.82) is 0 Å². The number of hydrogen-bond donors (Lipinski definition) is 0. The van der Waals surface area contributed by atoms with Crippen LogP contribution in [0.1, 0.15) is 31.7 Å². The van der Waals surface area contributed by atoms with Crippen LogP contribution in [0.2, 0.25) is 0 Å². The number of rotatable bonds is 4. The Hall–Kier alpha value is -1.31. The maximum atomic E-state index is 11.9. The number of nitrogens with zero attached hydrogens (tertiary/aromatic N) is 1. The van der Waals surface area contributed by atoms with Crippen LogP contribution in [0.3, 0.4) is 0 Å². The van der Waals surface area contributed by atoms with Crippen LogP contribution < -0.4 is 4.90 Å². The minimum Gasteiger partial charge on any atom is -0.315 e. The van der Waals surface area contributed by atoms with E-state index in [-0.39, 0.29) is 5.91 Å². The van der Waals surface area contributed by atoms with Crippen molar-refractivity contribution < 1.29 is 4.79 Å². The summed E-state index contributed by atoms with van der Waals surface area (Å²) in [4.78, 5) is 13.7. The molecule has 0 bridgehead atoms. The summed E-state index contributed by atoms with van der Waals surface area (Å²) in [5.74, 6) is 0.563. The van der Waals surface area contributed by atoms with Crippen molar-refractivity contribution in [2.24, 2.45) is 5.92 Å². The van der Waals surface area contributed by atoms with Crippen LogP contribution in [0, 0.1) is 5.92 Å². The van der Waals surface area contributed by atoms with Gasteiger partial charge < -0.3 is 4.90 Å². The van der Waals surface area contributed by atoms with E-state index in [1.165, 1.54) is 5.56 Å². The quantitative estimate of drug-likeness (QED) is 0.759. The van der Waals surface area contributed by atoms with E-state index in [4.69, 9.17) is 0 Å². The molecule has 2 nitrogen and oxygen atoms in total. The molecule has 0 unspecified atom stereocenters. The van der Waals surface area contributed by atoms with Crippen LogP contribution in [0.25, 0.3) is 0 Å². The maximum Gasteiger partial charge on any atom is 0.229 e. The van der Waals surface area contributed by atoms with Crippen LogP contribution in [-0.2, 0) is 11.2 Å². The van der Waals surface area contributed by atoms with Crippen molar-refractivity contribution in [3.63, 3.8) is 0 Å². The predicted molar refractivity (Wildman–Crippen MR) is 66.6 cm³/mol. The highest BCUT2D eigenvalue weighted by Crippen LogP contribution is 2.32. The van der Waals surface area contributed by atoms with Crippen molar-refractivity contribution in [2.45, 2.75) is 32.6 Å². The fourth-order valence-electron chi connectivity index (χ4n) is 1.94. The second-order valence-electron chi connectivity index (χ2n) is 4.59. The number of hydrogen-bond acceptors (Lipinski definition) is 1. The largest absolute Gasteiger partial charge is 0.315 e. The summed E-state index contributed by atoms with van der Waals surface area (Å²) in [7, 11) is 1.88. The highest BCUT2D eigenvalue weighted by molar-refractivity contribution is 5.95. The lowest BCUT2D eigenvalue weighted by atomic mass is 10.1. The molecule has 16 heavy (non-hydrogen) atoms. The van der Waals surface area contributed by atoms with Crippen LogP contribution >= 0.6 is 0 Å². The number of anilines is 1. The van der Waals surface area contributed by atoms with Gasteiger partial charge >= 0.3 is 0 Å².